The number of halogens is 2. The van der Waals surface area contributed by atoms with E-state index in [-0.39, 0.29) is 31.3 Å². The third kappa shape index (κ3) is 4.06. The van der Waals surface area contributed by atoms with Gasteiger partial charge in [0, 0.05) is 44.5 Å². The second-order valence-corrected chi connectivity index (χ2v) is 11.4. The quantitative estimate of drug-likeness (QED) is 0.600. The van der Waals surface area contributed by atoms with E-state index >= 15 is 0 Å². The first-order chi connectivity index (χ1) is 16.0. The number of nitrogens with one attached hydrogen (secondary N) is 1. The van der Waals surface area contributed by atoms with Crippen molar-refractivity contribution < 1.29 is 31.5 Å². The van der Waals surface area contributed by atoms with Crippen LogP contribution in [0.1, 0.15) is 38.4 Å². The smallest absolute Gasteiger partial charge is 0.410 e. The molecule has 1 saturated heterocycles. The number of nitrogens with zero attached hydrogens (tertiary/aromatic N) is 4. The van der Waals surface area contributed by atoms with E-state index in [0.29, 0.717) is 12.8 Å². The predicted molar refractivity (Wildman–Crippen MR) is 117 cm³/mol. The van der Waals surface area contributed by atoms with Crippen molar-refractivity contribution in [1.82, 2.24) is 23.9 Å². The van der Waals surface area contributed by atoms with Gasteiger partial charge in [-0.1, -0.05) is 0 Å². The summed E-state index contributed by atoms with van der Waals surface area (Å²) >= 11 is 0. The van der Waals surface area contributed by atoms with Crippen molar-refractivity contribution in [2.24, 2.45) is 5.92 Å². The Balaban J connectivity index is 1.46. The number of hydrogen-bond donors (Lipinski definition) is 1. The molecule has 1 aliphatic heterocycles. The molecule has 34 heavy (non-hydrogen) atoms. The molecule has 190 valence electrons. The van der Waals surface area contributed by atoms with Crippen LogP contribution in [0.4, 0.5) is 13.6 Å². The molecule has 3 fully saturated rings. The minimum absolute atomic E-state index is 0.00213. The molecule has 3 unspecified atom stereocenters. The standard InChI is InChI=1S/C21H31F2N5O5S/c1-13-10-15(26-34(30,31)27(2)3)16(28(13)19(29)32-4)12-33-14-6-7-20(17(11-14)21(20,22)23)18-24-8-5-9-25-18/h5,8-9,13-17,26H,6-7,10-12H2,1-4H3/t13-,14?,15+,16+,17?,20?/m1/s1. The van der Waals surface area contributed by atoms with E-state index < -0.39 is 51.7 Å². The number of methoxy groups -OCH3 is 1. The number of rotatable bonds is 7. The first-order valence-corrected chi connectivity index (χ1v) is 12.7. The number of alkyl halides is 2. The Morgan fingerprint density at radius 1 is 1.29 bits per heavy atom. The maximum atomic E-state index is 14.9. The molecule has 2 saturated carbocycles. The first kappa shape index (κ1) is 25.1. The van der Waals surface area contributed by atoms with E-state index in [4.69, 9.17) is 9.47 Å². The number of carbonyl (C=O) groups is 1. The van der Waals surface area contributed by atoms with Crippen LogP contribution in [-0.4, -0.2) is 91.6 Å². The molecule has 1 amide bonds. The molecule has 2 heterocycles. The lowest BCUT2D eigenvalue weighted by molar-refractivity contribution is -0.0111. The highest BCUT2D eigenvalue weighted by Crippen LogP contribution is 2.72. The predicted octanol–water partition coefficient (Wildman–Crippen LogP) is 1.54. The maximum absolute atomic E-state index is 14.9. The van der Waals surface area contributed by atoms with Gasteiger partial charge in [-0.25, -0.2) is 23.5 Å². The summed E-state index contributed by atoms with van der Waals surface area (Å²) in [6.07, 6.45) is 3.00. The first-order valence-electron chi connectivity index (χ1n) is 11.3. The van der Waals surface area contributed by atoms with Crippen LogP contribution in [0.2, 0.25) is 0 Å². The van der Waals surface area contributed by atoms with Gasteiger partial charge in [-0.15, -0.1) is 0 Å². The zero-order chi connectivity index (χ0) is 24.9. The summed E-state index contributed by atoms with van der Waals surface area (Å²) in [5, 5.41) is 0. The van der Waals surface area contributed by atoms with E-state index in [1.165, 1.54) is 38.5 Å². The van der Waals surface area contributed by atoms with Gasteiger partial charge in [0.25, 0.3) is 16.1 Å². The van der Waals surface area contributed by atoms with E-state index in [2.05, 4.69) is 14.7 Å². The van der Waals surface area contributed by atoms with Crippen LogP contribution in [0.25, 0.3) is 0 Å². The van der Waals surface area contributed by atoms with Crippen LogP contribution in [0.5, 0.6) is 0 Å². The van der Waals surface area contributed by atoms with Gasteiger partial charge in [-0.05, 0) is 38.7 Å². The van der Waals surface area contributed by atoms with Crippen molar-refractivity contribution in [3.63, 3.8) is 0 Å². The fourth-order valence-corrected chi connectivity index (χ4v) is 6.37. The molecule has 2 aliphatic carbocycles. The SMILES string of the molecule is COC(=O)N1[C@H](C)C[C@H](NS(=O)(=O)N(C)C)[C@@H]1COC1CCC2(c3ncccn3)C(C1)C2(F)F. The molecule has 1 aromatic heterocycles. The van der Waals surface area contributed by atoms with Gasteiger partial charge in [0.1, 0.15) is 11.2 Å². The average Bonchev–Trinajstić information content (AvgIpc) is 3.13. The number of likely N-dealkylation sites (tertiary alicyclic amines) is 1. The number of aromatic nitrogens is 2. The summed E-state index contributed by atoms with van der Waals surface area (Å²) in [6, 6.07) is 0.0595. The van der Waals surface area contributed by atoms with Gasteiger partial charge in [0.05, 0.1) is 25.9 Å². The van der Waals surface area contributed by atoms with E-state index in [0.717, 1.165) is 4.31 Å². The lowest BCUT2D eigenvalue weighted by Crippen LogP contribution is -2.52. The highest BCUT2D eigenvalue weighted by molar-refractivity contribution is 7.87. The largest absolute Gasteiger partial charge is 0.453 e. The van der Waals surface area contributed by atoms with Crippen LogP contribution in [-0.2, 0) is 25.1 Å². The molecular formula is C21H31F2N5O5S. The molecule has 0 bridgehead atoms. The summed E-state index contributed by atoms with van der Waals surface area (Å²) < 4.78 is 69.2. The number of ether oxygens (including phenoxy) is 2. The fraction of sp³-hybridized carbons (Fsp3) is 0.762. The number of hydrogen-bond acceptors (Lipinski definition) is 7. The molecule has 0 spiro atoms. The van der Waals surface area contributed by atoms with Crippen LogP contribution in [0.3, 0.4) is 0 Å². The molecule has 6 atom stereocenters. The normalized spacial score (nSPS) is 34.7. The number of carbonyl (C=O) groups excluding carboxylic acids is 1. The molecular weight excluding hydrogens is 472 g/mol. The minimum atomic E-state index is -3.76. The second kappa shape index (κ2) is 8.92. The summed E-state index contributed by atoms with van der Waals surface area (Å²) in [4.78, 5) is 22.1. The molecule has 13 heteroatoms. The molecule has 10 nitrogen and oxygen atoms in total. The molecule has 1 aromatic rings. The highest BCUT2D eigenvalue weighted by atomic mass is 32.2. The average molecular weight is 504 g/mol. The van der Waals surface area contributed by atoms with E-state index in [1.807, 2.05) is 0 Å². The number of fused-ring (bicyclic) bond motifs is 1. The maximum Gasteiger partial charge on any atom is 0.410 e. The Morgan fingerprint density at radius 3 is 2.56 bits per heavy atom. The van der Waals surface area contributed by atoms with Crippen molar-refractivity contribution in [2.75, 3.05) is 27.8 Å². The molecule has 4 rings (SSSR count). The Bertz CT molecular complexity index is 1010. The van der Waals surface area contributed by atoms with Gasteiger partial charge < -0.3 is 9.47 Å². The van der Waals surface area contributed by atoms with Crippen LogP contribution in [0, 0.1) is 5.92 Å². The van der Waals surface area contributed by atoms with Crippen molar-refractivity contribution in [3.05, 3.63) is 24.3 Å². The zero-order valence-electron chi connectivity index (χ0n) is 19.6. The summed E-state index contributed by atoms with van der Waals surface area (Å²) in [6.45, 7) is 1.80. The minimum Gasteiger partial charge on any atom is -0.453 e. The monoisotopic (exact) mass is 503 g/mol. The molecule has 0 aromatic carbocycles. The third-order valence-corrected chi connectivity index (χ3v) is 8.99. The summed E-state index contributed by atoms with van der Waals surface area (Å²) in [7, 11) is 0.314. The fourth-order valence-electron chi connectivity index (χ4n) is 5.52. The Labute approximate surface area is 198 Å². The van der Waals surface area contributed by atoms with Crippen molar-refractivity contribution in [2.45, 2.75) is 68.2 Å². The summed E-state index contributed by atoms with van der Waals surface area (Å²) in [5.74, 6) is -3.65. The van der Waals surface area contributed by atoms with Crippen LogP contribution < -0.4 is 4.72 Å². The third-order valence-electron chi connectivity index (χ3n) is 7.43. The van der Waals surface area contributed by atoms with Crippen LogP contribution in [0.15, 0.2) is 18.5 Å². The van der Waals surface area contributed by atoms with Gasteiger partial charge in [-0.2, -0.15) is 17.4 Å². The highest BCUT2D eigenvalue weighted by Gasteiger charge is 2.83. The van der Waals surface area contributed by atoms with Gasteiger partial charge in [0.2, 0.25) is 0 Å². The van der Waals surface area contributed by atoms with Crippen molar-refractivity contribution in [1.29, 1.82) is 0 Å². The van der Waals surface area contributed by atoms with Gasteiger partial charge in [0.15, 0.2) is 0 Å². The van der Waals surface area contributed by atoms with Gasteiger partial charge in [-0.3, -0.25) is 4.90 Å². The molecule has 0 radical (unpaired) electrons. The Morgan fingerprint density at radius 2 is 1.97 bits per heavy atom. The lowest BCUT2D eigenvalue weighted by atomic mass is 9.86. The lowest BCUT2D eigenvalue weighted by Gasteiger charge is -2.32. The molecule has 1 N–H and O–H groups in total. The van der Waals surface area contributed by atoms with E-state index in [1.54, 1.807) is 13.0 Å². The second-order valence-electron chi connectivity index (χ2n) is 9.49. The molecule has 3 aliphatic rings. The van der Waals surface area contributed by atoms with Crippen LogP contribution >= 0.6 is 0 Å². The zero-order valence-corrected chi connectivity index (χ0v) is 20.5. The van der Waals surface area contributed by atoms with E-state index in [9.17, 15) is 22.0 Å². The summed E-state index contributed by atoms with van der Waals surface area (Å²) in [5.41, 5.74) is -1.35. The topological polar surface area (TPSA) is 114 Å². The van der Waals surface area contributed by atoms with Crippen molar-refractivity contribution in [3.8, 4) is 0 Å². The Kier molecular flexibility index (Phi) is 6.60. The van der Waals surface area contributed by atoms with Gasteiger partial charge >= 0.3 is 6.09 Å². The Hall–Kier alpha value is -1.96. The van der Waals surface area contributed by atoms with Crippen molar-refractivity contribution >= 4 is 16.3 Å². The number of amides is 1.